The molecule has 3 atom stereocenters. The zero-order chi connectivity index (χ0) is 27.2. The molecule has 0 aromatic carbocycles. The third-order valence-corrected chi connectivity index (χ3v) is 7.75. The summed E-state index contributed by atoms with van der Waals surface area (Å²) in [5, 5.41) is 8.21. The molecule has 0 unspecified atom stereocenters. The van der Waals surface area contributed by atoms with Gasteiger partial charge in [-0.3, -0.25) is 14.4 Å². The molecular formula is C25H33ClN8O3S. The molecule has 3 aromatic heterocycles. The number of halogens is 1. The minimum atomic E-state index is -0.656. The van der Waals surface area contributed by atoms with Crippen molar-refractivity contribution in [2.75, 3.05) is 20.1 Å². The van der Waals surface area contributed by atoms with Crippen molar-refractivity contribution in [2.45, 2.75) is 56.7 Å². The highest BCUT2D eigenvalue weighted by Gasteiger charge is 2.38. The third kappa shape index (κ3) is 6.49. The van der Waals surface area contributed by atoms with Crippen LogP contribution in [0.1, 0.15) is 70.6 Å². The Labute approximate surface area is 229 Å². The van der Waals surface area contributed by atoms with E-state index in [2.05, 4.69) is 20.6 Å². The molecule has 1 aliphatic rings. The Morgan fingerprint density at radius 3 is 2.71 bits per heavy atom. The van der Waals surface area contributed by atoms with Crippen molar-refractivity contribution in [1.82, 2.24) is 29.9 Å². The van der Waals surface area contributed by atoms with E-state index >= 15 is 0 Å². The number of likely N-dealkylation sites (N-methyl/N-ethyl adjacent to an activating group) is 1. The van der Waals surface area contributed by atoms with Crippen LogP contribution in [-0.4, -0.2) is 69.2 Å². The molecule has 6 N–H and O–H groups in total. The van der Waals surface area contributed by atoms with Crippen molar-refractivity contribution in [3.8, 4) is 0 Å². The fraction of sp³-hybridized carbons (Fsp3) is 0.480. The predicted octanol–water partition coefficient (Wildman–Crippen LogP) is 2.11. The van der Waals surface area contributed by atoms with E-state index < -0.39 is 11.9 Å². The summed E-state index contributed by atoms with van der Waals surface area (Å²) in [5.41, 5.74) is 12.9. The summed E-state index contributed by atoms with van der Waals surface area (Å²) in [4.78, 5) is 49.3. The lowest BCUT2D eigenvalue weighted by Gasteiger charge is -2.22. The average molecular weight is 561 g/mol. The molecule has 13 heteroatoms. The first-order valence-electron chi connectivity index (χ1n) is 12.7. The topological polar surface area (TPSA) is 161 Å². The van der Waals surface area contributed by atoms with Gasteiger partial charge in [-0.2, -0.15) is 0 Å². The molecule has 0 radical (unpaired) electrons. The Bertz CT molecular complexity index is 1290. The number of carbonyl (C=O) groups excluding carboxylic acids is 3. The molecule has 4 rings (SSSR count). The van der Waals surface area contributed by atoms with Gasteiger partial charge in [-0.15, -0.1) is 11.3 Å². The van der Waals surface area contributed by atoms with Crippen LogP contribution >= 0.6 is 22.9 Å². The second kappa shape index (κ2) is 12.7. The summed E-state index contributed by atoms with van der Waals surface area (Å²) >= 11 is 7.35. The average Bonchev–Trinajstić information content (AvgIpc) is 3.64. The van der Waals surface area contributed by atoms with Crippen LogP contribution in [0, 0.1) is 0 Å². The summed E-state index contributed by atoms with van der Waals surface area (Å²) in [7, 11) is 1.55. The highest BCUT2D eigenvalue weighted by Crippen LogP contribution is 2.34. The number of pyridine rings is 1. The standard InChI is InChI=1S/C25H33ClN8O3S/c1-29-22(35)17(6-4-2-3-5-9-27)31-23(36)19-14-38-24(32-19)20-10-16(28)12-34(20)25(37)18-13-33-11-15(26)7-8-21(33)30-18/h7-8,11,13-14,16-17,20H,2-6,9-10,12,27-28H2,1H3,(H,29,35)(H,31,36)/t16-,17+,20+/m1/s1. The van der Waals surface area contributed by atoms with Crippen molar-refractivity contribution in [1.29, 1.82) is 0 Å². The monoisotopic (exact) mass is 560 g/mol. The van der Waals surface area contributed by atoms with E-state index in [0.717, 1.165) is 25.7 Å². The number of nitrogens with two attached hydrogens (primary N) is 2. The van der Waals surface area contributed by atoms with Crippen LogP contribution in [0.15, 0.2) is 29.9 Å². The van der Waals surface area contributed by atoms with Crippen LogP contribution < -0.4 is 22.1 Å². The number of fused-ring (bicyclic) bond motifs is 1. The molecule has 0 saturated carbocycles. The summed E-state index contributed by atoms with van der Waals surface area (Å²) in [6, 6.07) is 2.19. The van der Waals surface area contributed by atoms with Gasteiger partial charge in [-0.05, 0) is 37.9 Å². The lowest BCUT2D eigenvalue weighted by Crippen LogP contribution is -2.45. The maximum atomic E-state index is 13.4. The molecule has 0 aliphatic carbocycles. The van der Waals surface area contributed by atoms with Crippen LogP contribution in [0.4, 0.5) is 0 Å². The minimum absolute atomic E-state index is 0.206. The van der Waals surface area contributed by atoms with E-state index in [1.165, 1.54) is 11.3 Å². The summed E-state index contributed by atoms with van der Waals surface area (Å²) in [6.45, 7) is 0.993. The number of imidazole rings is 1. The van der Waals surface area contributed by atoms with Gasteiger partial charge in [0.2, 0.25) is 5.91 Å². The van der Waals surface area contributed by atoms with Gasteiger partial charge in [0, 0.05) is 37.4 Å². The maximum absolute atomic E-state index is 13.4. The molecule has 1 aliphatic heterocycles. The number of unbranched alkanes of at least 4 members (excludes halogenated alkanes) is 3. The first kappa shape index (κ1) is 28.0. The second-order valence-electron chi connectivity index (χ2n) is 9.41. The smallest absolute Gasteiger partial charge is 0.274 e. The molecule has 3 aromatic rings. The van der Waals surface area contributed by atoms with Crippen LogP contribution in [0.3, 0.4) is 0 Å². The van der Waals surface area contributed by atoms with Gasteiger partial charge in [-0.1, -0.05) is 30.9 Å². The third-order valence-electron chi connectivity index (χ3n) is 6.58. The Kier molecular flexibility index (Phi) is 9.31. The normalized spacial score (nSPS) is 18.1. The highest BCUT2D eigenvalue weighted by atomic mass is 35.5. The van der Waals surface area contributed by atoms with Crippen LogP contribution in [-0.2, 0) is 4.79 Å². The SMILES string of the molecule is CNC(=O)[C@H](CCCCCCN)NC(=O)c1csc([C@@H]2C[C@@H](N)CN2C(=O)c2cn3cc(Cl)ccc3n2)n1. The lowest BCUT2D eigenvalue weighted by atomic mass is 10.1. The molecule has 11 nitrogen and oxygen atoms in total. The molecule has 38 heavy (non-hydrogen) atoms. The Morgan fingerprint density at radius 2 is 1.95 bits per heavy atom. The first-order valence-corrected chi connectivity index (χ1v) is 13.9. The lowest BCUT2D eigenvalue weighted by molar-refractivity contribution is -0.122. The van der Waals surface area contributed by atoms with E-state index in [9.17, 15) is 14.4 Å². The molecule has 3 amide bonds. The van der Waals surface area contributed by atoms with Gasteiger partial charge in [0.25, 0.3) is 11.8 Å². The molecule has 4 heterocycles. The molecule has 0 bridgehead atoms. The van der Waals surface area contributed by atoms with E-state index in [-0.39, 0.29) is 35.3 Å². The van der Waals surface area contributed by atoms with Gasteiger partial charge in [0.05, 0.1) is 11.1 Å². The number of carbonyl (C=O) groups is 3. The second-order valence-corrected chi connectivity index (χ2v) is 10.7. The number of nitrogens with zero attached hydrogens (tertiary/aromatic N) is 4. The Hall–Kier alpha value is -3.06. The number of rotatable bonds is 11. The van der Waals surface area contributed by atoms with E-state index in [1.54, 1.807) is 46.3 Å². The van der Waals surface area contributed by atoms with Crippen molar-refractivity contribution >= 4 is 46.3 Å². The fourth-order valence-electron chi connectivity index (χ4n) is 4.61. The number of hydrogen-bond donors (Lipinski definition) is 4. The first-order chi connectivity index (χ1) is 18.3. The Balaban J connectivity index is 1.45. The molecule has 204 valence electrons. The number of amides is 3. The van der Waals surface area contributed by atoms with Crippen molar-refractivity contribution in [3.63, 3.8) is 0 Å². The van der Waals surface area contributed by atoms with Gasteiger partial charge in [-0.25, -0.2) is 9.97 Å². The molecule has 0 spiro atoms. The van der Waals surface area contributed by atoms with Crippen LogP contribution in [0.2, 0.25) is 5.02 Å². The highest BCUT2D eigenvalue weighted by molar-refractivity contribution is 7.09. The number of thiazole rings is 1. The van der Waals surface area contributed by atoms with Gasteiger partial charge < -0.3 is 31.4 Å². The van der Waals surface area contributed by atoms with Crippen LogP contribution in [0.25, 0.3) is 5.65 Å². The molecular weight excluding hydrogens is 528 g/mol. The summed E-state index contributed by atoms with van der Waals surface area (Å²) in [6.07, 6.45) is 8.03. The largest absolute Gasteiger partial charge is 0.357 e. The maximum Gasteiger partial charge on any atom is 0.274 e. The van der Waals surface area contributed by atoms with Crippen molar-refractivity contribution in [2.24, 2.45) is 11.5 Å². The van der Waals surface area contributed by atoms with E-state index in [1.807, 2.05) is 0 Å². The van der Waals surface area contributed by atoms with Crippen molar-refractivity contribution < 1.29 is 14.4 Å². The fourth-order valence-corrected chi connectivity index (χ4v) is 5.70. The zero-order valence-electron chi connectivity index (χ0n) is 21.2. The van der Waals surface area contributed by atoms with Gasteiger partial charge >= 0.3 is 0 Å². The number of nitrogens with one attached hydrogen (secondary N) is 2. The molecule has 1 saturated heterocycles. The number of hydrogen-bond acceptors (Lipinski definition) is 8. The van der Waals surface area contributed by atoms with E-state index in [0.29, 0.717) is 41.6 Å². The molecule has 1 fully saturated rings. The quantitative estimate of drug-likeness (QED) is 0.261. The zero-order valence-corrected chi connectivity index (χ0v) is 22.8. The minimum Gasteiger partial charge on any atom is -0.357 e. The van der Waals surface area contributed by atoms with Crippen LogP contribution in [0.5, 0.6) is 0 Å². The predicted molar refractivity (Wildman–Crippen MR) is 146 cm³/mol. The number of likely N-dealkylation sites (tertiary alicyclic amines) is 1. The Morgan fingerprint density at radius 1 is 1.16 bits per heavy atom. The van der Waals surface area contributed by atoms with Gasteiger partial charge in [0.15, 0.2) is 0 Å². The van der Waals surface area contributed by atoms with Crippen molar-refractivity contribution in [3.05, 3.63) is 51.3 Å². The van der Waals surface area contributed by atoms with E-state index in [4.69, 9.17) is 23.1 Å². The summed E-state index contributed by atoms with van der Waals surface area (Å²) < 4.78 is 1.70. The van der Waals surface area contributed by atoms with Gasteiger partial charge in [0.1, 0.15) is 28.1 Å². The summed E-state index contributed by atoms with van der Waals surface area (Å²) in [5.74, 6) is -0.946. The number of aromatic nitrogens is 3.